The van der Waals surface area contributed by atoms with Crippen LogP contribution in [-0.4, -0.2) is 24.6 Å². The molecule has 0 aliphatic heterocycles. The SMILES string of the molecule is NC1CC2CCCC(C1)C2NC(=O)COc1ccccc1F. The standard InChI is InChI=1S/C17H23FN2O2/c18-14-6-1-2-7-15(14)22-10-16(21)20-17-11-4-3-5-12(17)9-13(19)8-11/h1-2,6-7,11-13,17H,3-5,8-10,19H2,(H,20,21). The zero-order valence-electron chi connectivity index (χ0n) is 12.6. The third kappa shape index (κ3) is 3.40. The number of carbonyl (C=O) groups is 1. The highest BCUT2D eigenvalue weighted by Crippen LogP contribution is 2.39. The summed E-state index contributed by atoms with van der Waals surface area (Å²) >= 11 is 0. The minimum atomic E-state index is -0.448. The first-order valence-corrected chi connectivity index (χ1v) is 8.05. The molecule has 4 nitrogen and oxygen atoms in total. The molecule has 1 amide bonds. The fraction of sp³-hybridized carbons (Fsp3) is 0.588. The summed E-state index contributed by atoms with van der Waals surface area (Å²) in [4.78, 5) is 12.1. The molecule has 2 aliphatic carbocycles. The van der Waals surface area contributed by atoms with Crippen molar-refractivity contribution in [3.63, 3.8) is 0 Å². The van der Waals surface area contributed by atoms with Crippen molar-refractivity contribution in [2.45, 2.75) is 44.2 Å². The van der Waals surface area contributed by atoms with Crippen LogP contribution in [0.4, 0.5) is 4.39 Å². The van der Waals surface area contributed by atoms with Crippen molar-refractivity contribution >= 4 is 5.91 Å². The highest BCUT2D eigenvalue weighted by Gasteiger charge is 2.39. The molecule has 3 rings (SSSR count). The van der Waals surface area contributed by atoms with E-state index in [0.29, 0.717) is 11.8 Å². The Bertz CT molecular complexity index is 523. The number of benzene rings is 1. The largest absolute Gasteiger partial charge is 0.481 e. The third-order valence-corrected chi connectivity index (χ3v) is 4.90. The van der Waals surface area contributed by atoms with Crippen LogP contribution in [0.15, 0.2) is 24.3 Å². The minimum absolute atomic E-state index is 0.114. The zero-order chi connectivity index (χ0) is 15.5. The average molecular weight is 306 g/mol. The van der Waals surface area contributed by atoms with Crippen molar-refractivity contribution in [1.82, 2.24) is 5.32 Å². The Balaban J connectivity index is 1.54. The smallest absolute Gasteiger partial charge is 0.258 e. The summed E-state index contributed by atoms with van der Waals surface area (Å²) in [5.41, 5.74) is 6.09. The van der Waals surface area contributed by atoms with Gasteiger partial charge in [0.25, 0.3) is 5.91 Å². The van der Waals surface area contributed by atoms with Crippen LogP contribution < -0.4 is 15.8 Å². The lowest BCUT2D eigenvalue weighted by molar-refractivity contribution is -0.125. The van der Waals surface area contributed by atoms with Gasteiger partial charge in [-0.05, 0) is 49.7 Å². The van der Waals surface area contributed by atoms with Crippen LogP contribution in [0.5, 0.6) is 5.75 Å². The number of rotatable bonds is 4. The summed E-state index contributed by atoms with van der Waals surface area (Å²) in [6, 6.07) is 6.58. The molecule has 2 atom stereocenters. The van der Waals surface area contributed by atoms with Crippen molar-refractivity contribution in [2.75, 3.05) is 6.61 Å². The van der Waals surface area contributed by atoms with Gasteiger partial charge in [-0.1, -0.05) is 18.6 Å². The molecule has 2 bridgehead atoms. The second-order valence-electron chi connectivity index (χ2n) is 6.49. The molecule has 0 heterocycles. The molecular weight excluding hydrogens is 283 g/mol. The molecule has 1 aromatic rings. The predicted octanol–water partition coefficient (Wildman–Crippen LogP) is 2.23. The van der Waals surface area contributed by atoms with Crippen LogP contribution >= 0.6 is 0 Å². The summed E-state index contributed by atoms with van der Waals surface area (Å²) < 4.78 is 18.7. The van der Waals surface area contributed by atoms with Crippen LogP contribution in [0, 0.1) is 17.7 Å². The number of fused-ring (bicyclic) bond motifs is 2. The van der Waals surface area contributed by atoms with Gasteiger partial charge in [-0.3, -0.25) is 4.79 Å². The normalized spacial score (nSPS) is 30.6. The Labute approximate surface area is 130 Å². The van der Waals surface area contributed by atoms with Gasteiger partial charge in [-0.25, -0.2) is 4.39 Å². The Morgan fingerprint density at radius 3 is 2.64 bits per heavy atom. The van der Waals surface area contributed by atoms with Crippen LogP contribution in [0.3, 0.4) is 0 Å². The second-order valence-corrected chi connectivity index (χ2v) is 6.49. The maximum atomic E-state index is 13.5. The first kappa shape index (κ1) is 15.3. The molecule has 1 aromatic carbocycles. The highest BCUT2D eigenvalue weighted by molar-refractivity contribution is 5.78. The van der Waals surface area contributed by atoms with E-state index in [2.05, 4.69) is 5.32 Å². The number of nitrogens with two attached hydrogens (primary N) is 1. The molecule has 0 aromatic heterocycles. The van der Waals surface area contributed by atoms with Crippen molar-refractivity contribution < 1.29 is 13.9 Å². The summed E-state index contributed by atoms with van der Waals surface area (Å²) in [5, 5.41) is 3.09. The van der Waals surface area contributed by atoms with E-state index < -0.39 is 5.82 Å². The topological polar surface area (TPSA) is 64.3 Å². The zero-order valence-corrected chi connectivity index (χ0v) is 12.6. The number of carbonyl (C=O) groups excluding carboxylic acids is 1. The van der Waals surface area contributed by atoms with Gasteiger partial charge in [-0.2, -0.15) is 0 Å². The van der Waals surface area contributed by atoms with Crippen molar-refractivity contribution in [2.24, 2.45) is 17.6 Å². The van der Waals surface area contributed by atoms with Crippen molar-refractivity contribution in [3.05, 3.63) is 30.1 Å². The van der Waals surface area contributed by atoms with Gasteiger partial charge in [0, 0.05) is 12.1 Å². The predicted molar refractivity (Wildman–Crippen MR) is 81.9 cm³/mol. The van der Waals surface area contributed by atoms with E-state index >= 15 is 0 Å². The number of para-hydroxylation sites is 1. The Kier molecular flexibility index (Phi) is 4.62. The van der Waals surface area contributed by atoms with Gasteiger partial charge in [0.1, 0.15) is 0 Å². The molecule has 2 saturated carbocycles. The number of hydrogen-bond acceptors (Lipinski definition) is 3. The summed E-state index contributed by atoms with van der Waals surface area (Å²) in [6.45, 7) is -0.150. The van der Waals surface area contributed by atoms with Crippen LogP contribution in [0.2, 0.25) is 0 Å². The molecule has 0 radical (unpaired) electrons. The number of halogens is 1. The highest BCUT2D eigenvalue weighted by atomic mass is 19.1. The number of ether oxygens (including phenoxy) is 1. The van der Waals surface area contributed by atoms with E-state index in [4.69, 9.17) is 10.5 Å². The number of amides is 1. The lowest BCUT2D eigenvalue weighted by atomic mass is 9.67. The van der Waals surface area contributed by atoms with Gasteiger partial charge < -0.3 is 15.8 Å². The minimum Gasteiger partial charge on any atom is -0.481 e. The Hall–Kier alpha value is -1.62. The average Bonchev–Trinajstić information content (AvgIpc) is 2.47. The number of hydrogen-bond donors (Lipinski definition) is 2. The van der Waals surface area contributed by atoms with Gasteiger partial charge >= 0.3 is 0 Å². The van der Waals surface area contributed by atoms with Crippen LogP contribution in [0.25, 0.3) is 0 Å². The van der Waals surface area contributed by atoms with E-state index in [1.165, 1.54) is 18.6 Å². The number of nitrogens with one attached hydrogen (secondary N) is 1. The van der Waals surface area contributed by atoms with Crippen LogP contribution in [0.1, 0.15) is 32.1 Å². The quantitative estimate of drug-likeness (QED) is 0.896. The van der Waals surface area contributed by atoms with E-state index in [1.807, 2.05) is 0 Å². The molecule has 3 N–H and O–H groups in total. The van der Waals surface area contributed by atoms with Gasteiger partial charge in [-0.15, -0.1) is 0 Å². The molecule has 0 saturated heterocycles. The molecule has 0 spiro atoms. The van der Waals surface area contributed by atoms with E-state index in [0.717, 1.165) is 25.7 Å². The van der Waals surface area contributed by atoms with E-state index in [9.17, 15) is 9.18 Å². The summed E-state index contributed by atoms with van der Waals surface area (Å²) in [7, 11) is 0. The van der Waals surface area contributed by atoms with Gasteiger partial charge in [0.05, 0.1) is 0 Å². The van der Waals surface area contributed by atoms with E-state index in [1.54, 1.807) is 12.1 Å². The molecule has 2 unspecified atom stereocenters. The maximum absolute atomic E-state index is 13.5. The lowest BCUT2D eigenvalue weighted by Gasteiger charge is -2.45. The fourth-order valence-electron chi connectivity index (χ4n) is 3.96. The summed E-state index contributed by atoms with van der Waals surface area (Å²) in [5.74, 6) is 0.430. The molecule has 120 valence electrons. The molecule has 2 fully saturated rings. The fourth-order valence-corrected chi connectivity index (χ4v) is 3.96. The van der Waals surface area contributed by atoms with Gasteiger partial charge in [0.2, 0.25) is 0 Å². The lowest BCUT2D eigenvalue weighted by Crippen LogP contribution is -2.54. The first-order valence-electron chi connectivity index (χ1n) is 8.05. The van der Waals surface area contributed by atoms with Crippen molar-refractivity contribution in [1.29, 1.82) is 0 Å². The second kappa shape index (κ2) is 6.65. The van der Waals surface area contributed by atoms with E-state index in [-0.39, 0.29) is 30.3 Å². The van der Waals surface area contributed by atoms with Crippen LogP contribution in [-0.2, 0) is 4.79 Å². The third-order valence-electron chi connectivity index (χ3n) is 4.90. The molecular formula is C17H23FN2O2. The molecule has 5 heteroatoms. The molecule has 2 aliphatic rings. The van der Waals surface area contributed by atoms with Crippen molar-refractivity contribution in [3.8, 4) is 5.75 Å². The molecule has 22 heavy (non-hydrogen) atoms. The summed E-state index contributed by atoms with van der Waals surface area (Å²) in [6.07, 6.45) is 5.44. The Morgan fingerprint density at radius 2 is 1.95 bits per heavy atom. The van der Waals surface area contributed by atoms with Gasteiger partial charge in [0.15, 0.2) is 18.2 Å². The monoisotopic (exact) mass is 306 g/mol. The first-order chi connectivity index (χ1) is 10.6. The Morgan fingerprint density at radius 1 is 1.27 bits per heavy atom. The maximum Gasteiger partial charge on any atom is 0.258 e.